The number of hydrogen-bond donors (Lipinski definition) is 1. The number of rotatable bonds is 8. The van der Waals surface area contributed by atoms with Crippen LogP contribution in [0, 0.1) is 0 Å². The highest BCUT2D eigenvalue weighted by Gasteiger charge is 2.12. The molecule has 0 amide bonds. The molecule has 1 unspecified atom stereocenters. The first kappa shape index (κ1) is 15.5. The van der Waals surface area contributed by atoms with E-state index in [0.29, 0.717) is 0 Å². The topological polar surface area (TPSA) is 29.5 Å². The van der Waals surface area contributed by atoms with Crippen molar-refractivity contribution in [2.45, 2.75) is 51.6 Å². The van der Waals surface area contributed by atoms with Crippen LogP contribution in [0.3, 0.4) is 0 Å². The van der Waals surface area contributed by atoms with E-state index < -0.39 is 6.10 Å². The zero-order valence-corrected chi connectivity index (χ0v) is 12.9. The summed E-state index contributed by atoms with van der Waals surface area (Å²) in [5, 5.41) is 10.2. The first-order valence-electron chi connectivity index (χ1n) is 6.70. The minimum Gasteiger partial charge on any atom is -0.497 e. The maximum absolute atomic E-state index is 10.2. The van der Waals surface area contributed by atoms with E-state index in [1.165, 1.54) is 25.7 Å². The predicted molar refractivity (Wildman–Crippen MR) is 79.0 cm³/mol. The number of aliphatic hydroxyl groups excluding tert-OH is 1. The highest BCUT2D eigenvalue weighted by atomic mass is 79.9. The number of methoxy groups -OCH3 is 1. The lowest BCUT2D eigenvalue weighted by Gasteiger charge is -2.14. The van der Waals surface area contributed by atoms with E-state index in [-0.39, 0.29) is 0 Å². The third-order valence-electron chi connectivity index (χ3n) is 3.14. The standard InChI is InChI=1S/C15H23BrO2/c1-3-4-5-6-7-8-15(17)13-11-12(18-2)9-10-14(13)16/h9-11,15,17H,3-8H2,1-2H3. The van der Waals surface area contributed by atoms with Crippen LogP contribution in [-0.2, 0) is 0 Å². The summed E-state index contributed by atoms with van der Waals surface area (Å²) in [6.07, 6.45) is 6.49. The van der Waals surface area contributed by atoms with Gasteiger partial charge in [0, 0.05) is 4.47 Å². The Morgan fingerprint density at radius 1 is 1.22 bits per heavy atom. The van der Waals surface area contributed by atoms with Gasteiger partial charge in [-0.15, -0.1) is 0 Å². The van der Waals surface area contributed by atoms with Gasteiger partial charge in [0.1, 0.15) is 5.75 Å². The van der Waals surface area contributed by atoms with Crippen molar-refractivity contribution in [3.05, 3.63) is 28.2 Å². The summed E-state index contributed by atoms with van der Waals surface area (Å²) >= 11 is 3.48. The average molecular weight is 315 g/mol. The van der Waals surface area contributed by atoms with Crippen molar-refractivity contribution < 1.29 is 9.84 Å². The van der Waals surface area contributed by atoms with Crippen molar-refractivity contribution in [3.63, 3.8) is 0 Å². The summed E-state index contributed by atoms with van der Waals surface area (Å²) in [5.41, 5.74) is 0.921. The normalized spacial score (nSPS) is 12.4. The smallest absolute Gasteiger partial charge is 0.119 e. The molecule has 0 aromatic heterocycles. The molecule has 0 saturated heterocycles. The van der Waals surface area contributed by atoms with E-state index in [0.717, 1.165) is 28.6 Å². The lowest BCUT2D eigenvalue weighted by atomic mass is 10.0. The predicted octanol–water partition coefficient (Wildman–Crippen LogP) is 4.85. The van der Waals surface area contributed by atoms with Crippen LogP contribution in [0.25, 0.3) is 0 Å². The Morgan fingerprint density at radius 2 is 1.94 bits per heavy atom. The van der Waals surface area contributed by atoms with Crippen molar-refractivity contribution in [1.29, 1.82) is 0 Å². The number of benzene rings is 1. The molecule has 0 aliphatic rings. The fraction of sp³-hybridized carbons (Fsp3) is 0.600. The van der Waals surface area contributed by atoms with Crippen molar-refractivity contribution in [2.24, 2.45) is 0 Å². The number of ether oxygens (including phenoxy) is 1. The van der Waals surface area contributed by atoms with Crippen LogP contribution in [0.15, 0.2) is 22.7 Å². The maximum Gasteiger partial charge on any atom is 0.119 e. The molecule has 18 heavy (non-hydrogen) atoms. The number of halogens is 1. The van der Waals surface area contributed by atoms with Gasteiger partial charge in [0.05, 0.1) is 13.2 Å². The van der Waals surface area contributed by atoms with Gasteiger partial charge in [-0.05, 0) is 30.2 Å². The second-order valence-corrected chi connectivity index (χ2v) is 5.46. The molecule has 0 fully saturated rings. The second kappa shape index (κ2) is 8.54. The van der Waals surface area contributed by atoms with Crippen LogP contribution in [0.1, 0.15) is 57.1 Å². The summed E-state index contributed by atoms with van der Waals surface area (Å²) in [6, 6.07) is 5.72. The SMILES string of the molecule is CCCCCCCC(O)c1cc(OC)ccc1Br. The van der Waals surface area contributed by atoms with E-state index in [9.17, 15) is 5.11 Å². The lowest BCUT2D eigenvalue weighted by Crippen LogP contribution is -1.99. The molecule has 0 aliphatic heterocycles. The van der Waals surface area contributed by atoms with Gasteiger partial charge in [0.15, 0.2) is 0 Å². The zero-order chi connectivity index (χ0) is 13.4. The molecule has 0 saturated carbocycles. The quantitative estimate of drug-likeness (QED) is 0.695. The number of hydrogen-bond acceptors (Lipinski definition) is 2. The van der Waals surface area contributed by atoms with Crippen molar-refractivity contribution in [3.8, 4) is 5.75 Å². The van der Waals surface area contributed by atoms with Gasteiger partial charge >= 0.3 is 0 Å². The van der Waals surface area contributed by atoms with Crippen LogP contribution in [-0.4, -0.2) is 12.2 Å². The third kappa shape index (κ3) is 4.99. The molecule has 0 heterocycles. The molecule has 0 bridgehead atoms. The Hall–Kier alpha value is -0.540. The fourth-order valence-corrected chi connectivity index (χ4v) is 2.51. The molecule has 0 radical (unpaired) electrons. The Balaban J connectivity index is 2.47. The van der Waals surface area contributed by atoms with Crippen LogP contribution < -0.4 is 4.74 Å². The molecule has 2 nitrogen and oxygen atoms in total. The van der Waals surface area contributed by atoms with Crippen LogP contribution in [0.4, 0.5) is 0 Å². The highest BCUT2D eigenvalue weighted by Crippen LogP contribution is 2.30. The zero-order valence-electron chi connectivity index (χ0n) is 11.3. The molecule has 1 aromatic carbocycles. The van der Waals surface area contributed by atoms with E-state index in [1.807, 2.05) is 18.2 Å². The largest absolute Gasteiger partial charge is 0.497 e. The molecule has 1 aromatic rings. The Morgan fingerprint density at radius 3 is 2.61 bits per heavy atom. The Kier molecular flexibility index (Phi) is 7.36. The number of aliphatic hydroxyl groups is 1. The molecule has 1 rings (SSSR count). The second-order valence-electron chi connectivity index (χ2n) is 4.61. The van der Waals surface area contributed by atoms with Crippen LogP contribution >= 0.6 is 15.9 Å². The minimum atomic E-state index is -0.406. The van der Waals surface area contributed by atoms with Gasteiger partial charge < -0.3 is 9.84 Å². The van der Waals surface area contributed by atoms with Crippen molar-refractivity contribution >= 4 is 15.9 Å². The fourth-order valence-electron chi connectivity index (χ4n) is 2.00. The summed E-state index contributed by atoms with van der Waals surface area (Å²) < 4.78 is 6.13. The molecule has 102 valence electrons. The van der Waals surface area contributed by atoms with Crippen LogP contribution in [0.5, 0.6) is 5.75 Å². The summed E-state index contributed by atoms with van der Waals surface area (Å²) in [5.74, 6) is 0.790. The lowest BCUT2D eigenvalue weighted by molar-refractivity contribution is 0.162. The van der Waals surface area contributed by atoms with E-state index in [4.69, 9.17) is 4.74 Å². The van der Waals surface area contributed by atoms with E-state index in [2.05, 4.69) is 22.9 Å². The van der Waals surface area contributed by atoms with Crippen LogP contribution in [0.2, 0.25) is 0 Å². The van der Waals surface area contributed by atoms with Gasteiger partial charge in [-0.1, -0.05) is 55.0 Å². The van der Waals surface area contributed by atoms with Gasteiger partial charge in [0.2, 0.25) is 0 Å². The summed E-state index contributed by atoms with van der Waals surface area (Å²) in [7, 11) is 1.64. The van der Waals surface area contributed by atoms with E-state index >= 15 is 0 Å². The van der Waals surface area contributed by atoms with Gasteiger partial charge in [-0.25, -0.2) is 0 Å². The monoisotopic (exact) mass is 314 g/mol. The number of unbranched alkanes of at least 4 members (excludes halogenated alkanes) is 4. The molecule has 3 heteroatoms. The molecule has 1 atom stereocenters. The maximum atomic E-state index is 10.2. The van der Waals surface area contributed by atoms with E-state index in [1.54, 1.807) is 7.11 Å². The minimum absolute atomic E-state index is 0.406. The first-order valence-corrected chi connectivity index (χ1v) is 7.49. The Labute approximate surface area is 118 Å². The first-order chi connectivity index (χ1) is 8.69. The molecular formula is C15H23BrO2. The van der Waals surface area contributed by atoms with Crippen molar-refractivity contribution in [1.82, 2.24) is 0 Å². The molecule has 0 spiro atoms. The van der Waals surface area contributed by atoms with Gasteiger partial charge in [-0.3, -0.25) is 0 Å². The van der Waals surface area contributed by atoms with Gasteiger partial charge in [0.25, 0.3) is 0 Å². The Bertz CT molecular complexity index is 352. The summed E-state index contributed by atoms with van der Waals surface area (Å²) in [6.45, 7) is 2.21. The van der Waals surface area contributed by atoms with Crippen molar-refractivity contribution in [2.75, 3.05) is 7.11 Å². The average Bonchev–Trinajstić information content (AvgIpc) is 2.39. The molecule has 1 N–H and O–H groups in total. The van der Waals surface area contributed by atoms with Gasteiger partial charge in [-0.2, -0.15) is 0 Å². The third-order valence-corrected chi connectivity index (χ3v) is 3.87. The molecule has 0 aliphatic carbocycles. The highest BCUT2D eigenvalue weighted by molar-refractivity contribution is 9.10. The molecular weight excluding hydrogens is 292 g/mol. The summed E-state index contributed by atoms with van der Waals surface area (Å²) in [4.78, 5) is 0.